The summed E-state index contributed by atoms with van der Waals surface area (Å²) < 4.78 is 5.55. The lowest BCUT2D eigenvalue weighted by Crippen LogP contribution is -2.35. The highest BCUT2D eigenvalue weighted by Crippen LogP contribution is 2.32. The number of H-pyrrole nitrogens is 1. The van der Waals surface area contributed by atoms with E-state index in [9.17, 15) is 4.79 Å². The van der Waals surface area contributed by atoms with Crippen LogP contribution < -0.4 is 16.0 Å². The number of ether oxygens (including phenoxy) is 1. The Morgan fingerprint density at radius 2 is 2.15 bits per heavy atom. The number of aromatic nitrogens is 5. The van der Waals surface area contributed by atoms with E-state index < -0.39 is 0 Å². The fraction of sp³-hybridized carbons (Fsp3) is 0.292. The Morgan fingerprint density at radius 3 is 3.09 bits per heavy atom. The van der Waals surface area contributed by atoms with Crippen molar-refractivity contribution in [1.29, 1.82) is 0 Å². The lowest BCUT2D eigenvalue weighted by Gasteiger charge is -2.16. The number of imidazole rings is 1. The predicted octanol–water partition coefficient (Wildman–Crippen LogP) is 3.17. The van der Waals surface area contributed by atoms with Crippen molar-refractivity contribution in [2.45, 2.75) is 25.8 Å². The molecule has 0 spiro atoms. The minimum atomic E-state index is -0.0565. The summed E-state index contributed by atoms with van der Waals surface area (Å²) in [6, 6.07) is 9.60. The monoisotopic (exact) mass is 458 g/mol. The Labute approximate surface area is 196 Å². The van der Waals surface area contributed by atoms with Gasteiger partial charge in [-0.15, -0.1) is 0 Å². The maximum Gasteiger partial charge on any atom is 0.226 e. The molecule has 4 heterocycles. The number of fused-ring (bicyclic) bond motifs is 1. The number of nitrogens with one attached hydrogen (secondary N) is 4. The molecule has 1 unspecified atom stereocenters. The van der Waals surface area contributed by atoms with E-state index in [-0.39, 0.29) is 11.9 Å². The first kappa shape index (κ1) is 21.9. The summed E-state index contributed by atoms with van der Waals surface area (Å²) in [7, 11) is 0. The molecule has 10 heteroatoms. The molecule has 0 radical (unpaired) electrons. The van der Waals surface area contributed by atoms with Gasteiger partial charge in [0.15, 0.2) is 5.65 Å². The van der Waals surface area contributed by atoms with Crippen LogP contribution >= 0.6 is 0 Å². The molecule has 0 saturated carbocycles. The summed E-state index contributed by atoms with van der Waals surface area (Å²) in [4.78, 5) is 33.1. The maximum atomic E-state index is 12.6. The van der Waals surface area contributed by atoms with Crippen LogP contribution in [0.15, 0.2) is 49.2 Å². The van der Waals surface area contributed by atoms with Crippen LogP contribution in [0.2, 0.25) is 0 Å². The number of carbonyl (C=O) groups excluding carboxylic acids is 1. The number of carbonyl (C=O) groups is 1. The average molecular weight is 459 g/mol. The number of rotatable bonds is 6. The molecule has 5 rings (SSSR count). The highest BCUT2D eigenvalue weighted by atomic mass is 16.5. The Hall–Kier alpha value is -3.89. The van der Waals surface area contributed by atoms with Gasteiger partial charge in [0.1, 0.15) is 23.4 Å². The van der Waals surface area contributed by atoms with Crippen LogP contribution in [0, 0.1) is 6.92 Å². The molecule has 1 aliphatic rings. The van der Waals surface area contributed by atoms with Gasteiger partial charge >= 0.3 is 0 Å². The molecular weight excluding hydrogens is 432 g/mol. The van der Waals surface area contributed by atoms with Gasteiger partial charge in [0.25, 0.3) is 0 Å². The van der Waals surface area contributed by atoms with E-state index in [1.165, 1.54) is 6.33 Å². The van der Waals surface area contributed by atoms with Crippen molar-refractivity contribution < 1.29 is 9.53 Å². The molecule has 1 amide bonds. The van der Waals surface area contributed by atoms with Crippen molar-refractivity contribution in [2.75, 3.05) is 30.4 Å². The molecule has 4 aromatic rings. The average Bonchev–Trinajstić information content (AvgIpc) is 3.19. The Bertz CT molecular complexity index is 1300. The zero-order chi connectivity index (χ0) is 23.3. The van der Waals surface area contributed by atoms with E-state index in [2.05, 4.69) is 40.9 Å². The third-order valence-electron chi connectivity index (χ3n) is 5.71. The molecule has 1 saturated heterocycles. The highest BCUT2D eigenvalue weighted by Gasteiger charge is 2.17. The van der Waals surface area contributed by atoms with Crippen molar-refractivity contribution >= 4 is 34.3 Å². The Kier molecular flexibility index (Phi) is 6.41. The molecule has 0 aliphatic carbocycles. The summed E-state index contributed by atoms with van der Waals surface area (Å²) in [6.07, 6.45) is 6.13. The molecule has 10 nitrogen and oxygen atoms in total. The van der Waals surface area contributed by atoms with Gasteiger partial charge in [-0.1, -0.05) is 6.07 Å². The number of pyridine rings is 1. The quantitative estimate of drug-likeness (QED) is 0.347. The van der Waals surface area contributed by atoms with Crippen LogP contribution in [0.1, 0.15) is 18.4 Å². The number of amides is 1. The number of hydrogen-bond acceptors (Lipinski definition) is 8. The van der Waals surface area contributed by atoms with E-state index in [1.807, 2.05) is 37.3 Å². The molecule has 0 bridgehead atoms. The standard InChI is InChI=1S/C24H26N8O2/c1-15-5-6-16(31-20(33)11-17-12-34-9-3-8-25-17)10-19(15)32-23-18(4-2-7-26-23)21-22-24(29-13-27-21)30-14-28-22/h2,4-7,10,13-14,17,25H,3,8-9,11-12H2,1H3,(H,26,32)(H,31,33)(H,27,28,29,30). The summed E-state index contributed by atoms with van der Waals surface area (Å²) in [6.45, 7) is 4.14. The number of nitrogens with zero attached hydrogens (tertiary/aromatic N) is 4. The fourth-order valence-corrected chi connectivity index (χ4v) is 3.96. The SMILES string of the molecule is Cc1ccc(NC(=O)CC2COCCCN2)cc1Nc1ncccc1-c1ncnc2nc[nH]c12. The van der Waals surface area contributed by atoms with Gasteiger partial charge in [-0.25, -0.2) is 19.9 Å². The van der Waals surface area contributed by atoms with Gasteiger partial charge in [-0.2, -0.15) is 0 Å². The van der Waals surface area contributed by atoms with Crippen molar-refractivity contribution in [3.63, 3.8) is 0 Å². The normalized spacial score (nSPS) is 16.2. The minimum Gasteiger partial charge on any atom is -0.380 e. The second kappa shape index (κ2) is 9.94. The zero-order valence-electron chi connectivity index (χ0n) is 18.8. The van der Waals surface area contributed by atoms with E-state index in [4.69, 9.17) is 4.74 Å². The van der Waals surface area contributed by atoms with Gasteiger partial charge in [0, 0.05) is 42.2 Å². The number of aromatic amines is 1. The van der Waals surface area contributed by atoms with E-state index >= 15 is 0 Å². The number of anilines is 3. The molecule has 4 N–H and O–H groups in total. The van der Waals surface area contributed by atoms with E-state index in [0.717, 1.165) is 41.9 Å². The van der Waals surface area contributed by atoms with Crippen LogP contribution in [-0.2, 0) is 9.53 Å². The third-order valence-corrected chi connectivity index (χ3v) is 5.71. The summed E-state index contributed by atoms with van der Waals surface area (Å²) in [5, 5.41) is 9.77. The summed E-state index contributed by atoms with van der Waals surface area (Å²) >= 11 is 0. The van der Waals surface area contributed by atoms with Crippen LogP contribution in [0.25, 0.3) is 22.4 Å². The molecule has 1 fully saturated rings. The lowest BCUT2D eigenvalue weighted by atomic mass is 10.1. The van der Waals surface area contributed by atoms with Crippen molar-refractivity contribution in [1.82, 2.24) is 30.2 Å². The lowest BCUT2D eigenvalue weighted by molar-refractivity contribution is -0.116. The first-order chi connectivity index (χ1) is 16.7. The molecule has 34 heavy (non-hydrogen) atoms. The Balaban J connectivity index is 1.36. The fourth-order valence-electron chi connectivity index (χ4n) is 3.96. The summed E-state index contributed by atoms with van der Waals surface area (Å²) in [5.41, 5.74) is 5.42. The smallest absolute Gasteiger partial charge is 0.226 e. The van der Waals surface area contributed by atoms with Crippen LogP contribution in [0.4, 0.5) is 17.2 Å². The highest BCUT2D eigenvalue weighted by molar-refractivity contribution is 5.93. The Morgan fingerprint density at radius 1 is 1.21 bits per heavy atom. The van der Waals surface area contributed by atoms with Gasteiger partial charge in [0.2, 0.25) is 5.91 Å². The number of benzene rings is 1. The number of hydrogen-bond donors (Lipinski definition) is 4. The predicted molar refractivity (Wildman–Crippen MR) is 130 cm³/mol. The van der Waals surface area contributed by atoms with Gasteiger partial charge in [0.05, 0.1) is 12.9 Å². The van der Waals surface area contributed by atoms with Crippen LogP contribution in [-0.4, -0.2) is 56.6 Å². The van der Waals surface area contributed by atoms with E-state index in [0.29, 0.717) is 35.9 Å². The summed E-state index contributed by atoms with van der Waals surface area (Å²) in [5.74, 6) is 0.586. The topological polar surface area (TPSA) is 130 Å². The van der Waals surface area contributed by atoms with E-state index in [1.54, 1.807) is 12.5 Å². The third kappa shape index (κ3) is 4.87. The van der Waals surface area contributed by atoms with Crippen molar-refractivity contribution in [3.05, 3.63) is 54.7 Å². The van der Waals surface area contributed by atoms with Gasteiger partial charge < -0.3 is 25.7 Å². The molecule has 174 valence electrons. The van der Waals surface area contributed by atoms with Gasteiger partial charge in [-0.05, 0) is 49.7 Å². The first-order valence-corrected chi connectivity index (χ1v) is 11.3. The molecule has 1 aliphatic heterocycles. The number of aryl methyl sites for hydroxylation is 1. The largest absolute Gasteiger partial charge is 0.380 e. The second-order valence-electron chi connectivity index (χ2n) is 8.21. The minimum absolute atomic E-state index is 0.0220. The first-order valence-electron chi connectivity index (χ1n) is 11.3. The maximum absolute atomic E-state index is 12.6. The molecule has 1 aromatic carbocycles. The second-order valence-corrected chi connectivity index (χ2v) is 8.21. The zero-order valence-corrected chi connectivity index (χ0v) is 18.8. The molecular formula is C24H26N8O2. The van der Waals surface area contributed by atoms with Crippen LogP contribution in [0.3, 0.4) is 0 Å². The van der Waals surface area contributed by atoms with Crippen molar-refractivity contribution in [3.8, 4) is 11.3 Å². The molecule has 1 atom stereocenters. The molecule has 3 aromatic heterocycles. The van der Waals surface area contributed by atoms with Crippen LogP contribution in [0.5, 0.6) is 0 Å². The van der Waals surface area contributed by atoms with Gasteiger partial charge in [-0.3, -0.25) is 4.79 Å². The van der Waals surface area contributed by atoms with Crippen molar-refractivity contribution in [2.24, 2.45) is 0 Å².